The van der Waals surface area contributed by atoms with Crippen LogP contribution in [-0.2, 0) is 0 Å². The summed E-state index contributed by atoms with van der Waals surface area (Å²) in [5.41, 5.74) is -0.0671. The first-order valence-corrected chi connectivity index (χ1v) is 4.64. The molecule has 0 saturated carbocycles. The van der Waals surface area contributed by atoms with Gasteiger partial charge in [-0.2, -0.15) is 0 Å². The van der Waals surface area contributed by atoms with E-state index in [-0.39, 0.29) is 17.5 Å². The zero-order valence-corrected chi connectivity index (χ0v) is 9.23. The predicted octanol–water partition coefficient (Wildman–Crippen LogP) is 3.06. The number of carbonyl (C=O) groups is 1. The monoisotopic (exact) mass is 213 g/mol. The van der Waals surface area contributed by atoms with E-state index in [0.29, 0.717) is 0 Å². The minimum Gasteiger partial charge on any atom is -0.507 e. The van der Waals surface area contributed by atoms with Crippen molar-refractivity contribution in [1.29, 1.82) is 0 Å². The summed E-state index contributed by atoms with van der Waals surface area (Å²) in [6.45, 7) is 4.36. The summed E-state index contributed by atoms with van der Waals surface area (Å²) >= 11 is 0. The van der Waals surface area contributed by atoms with Crippen LogP contribution < -0.4 is 6.15 Å². The molecule has 86 valence electrons. The minimum absolute atomic E-state index is 0. The van der Waals surface area contributed by atoms with Crippen LogP contribution in [0.15, 0.2) is 24.3 Å². The number of carboxylic acid groups (broad SMARTS) is 1. The number of carboxylic acids is 1. The van der Waals surface area contributed by atoms with Crippen LogP contribution in [-0.4, -0.2) is 16.2 Å². The standard InChI is InChI=1S/C7H6O3.C4H10.H3N/c8-6-4-2-1-3-5(6)7(9)10;1-3-4-2;/h1-4,8H,(H,9,10);3-4H2,1-2H3;1H3. The van der Waals surface area contributed by atoms with Gasteiger partial charge in [0.15, 0.2) is 0 Å². The Bertz CT molecular complexity index is 285. The van der Waals surface area contributed by atoms with Crippen molar-refractivity contribution in [2.75, 3.05) is 0 Å². The summed E-state index contributed by atoms with van der Waals surface area (Å²) in [5, 5.41) is 17.3. The van der Waals surface area contributed by atoms with E-state index in [1.54, 1.807) is 12.1 Å². The first kappa shape index (κ1) is 15.9. The van der Waals surface area contributed by atoms with Gasteiger partial charge in [0, 0.05) is 0 Å². The molecule has 15 heavy (non-hydrogen) atoms. The molecule has 0 heterocycles. The van der Waals surface area contributed by atoms with Crippen LogP contribution in [0.4, 0.5) is 0 Å². The summed E-state index contributed by atoms with van der Waals surface area (Å²) < 4.78 is 0. The summed E-state index contributed by atoms with van der Waals surface area (Å²) in [5.74, 6) is -1.31. The number of hydrogen-bond acceptors (Lipinski definition) is 3. The van der Waals surface area contributed by atoms with E-state index in [1.165, 1.54) is 25.0 Å². The lowest BCUT2D eigenvalue weighted by molar-refractivity contribution is 0.0694. The second-order valence-corrected chi connectivity index (χ2v) is 2.82. The molecule has 0 radical (unpaired) electrons. The van der Waals surface area contributed by atoms with Gasteiger partial charge in [-0.25, -0.2) is 4.79 Å². The van der Waals surface area contributed by atoms with Crippen molar-refractivity contribution in [2.24, 2.45) is 0 Å². The number of unbranched alkanes of at least 4 members (excludes halogenated alkanes) is 1. The average molecular weight is 213 g/mol. The fourth-order valence-electron chi connectivity index (χ4n) is 0.654. The normalized spacial score (nSPS) is 8.13. The quantitative estimate of drug-likeness (QED) is 0.703. The molecule has 1 rings (SSSR count). The number of aromatic hydroxyl groups is 1. The molecule has 0 aliphatic heterocycles. The molecular formula is C11H19NO3. The molecule has 0 atom stereocenters. The molecule has 0 amide bonds. The minimum atomic E-state index is -1.11. The van der Waals surface area contributed by atoms with Crippen LogP contribution in [0.2, 0.25) is 0 Å². The lowest BCUT2D eigenvalue weighted by Gasteiger charge is -1.95. The second kappa shape index (κ2) is 9.02. The Balaban J connectivity index is 0. The van der Waals surface area contributed by atoms with E-state index in [4.69, 9.17) is 10.2 Å². The van der Waals surface area contributed by atoms with Crippen molar-refractivity contribution in [3.8, 4) is 5.75 Å². The highest BCUT2D eigenvalue weighted by Gasteiger charge is 2.05. The first-order chi connectivity index (χ1) is 6.63. The van der Waals surface area contributed by atoms with Crippen LogP contribution >= 0.6 is 0 Å². The Morgan fingerprint density at radius 2 is 1.67 bits per heavy atom. The molecule has 5 N–H and O–H groups in total. The Labute approximate surface area is 90.1 Å². The number of para-hydroxylation sites is 1. The van der Waals surface area contributed by atoms with E-state index < -0.39 is 5.97 Å². The average Bonchev–Trinajstić information content (AvgIpc) is 2.18. The molecule has 0 unspecified atom stereocenters. The second-order valence-electron chi connectivity index (χ2n) is 2.82. The molecule has 0 fully saturated rings. The zero-order valence-electron chi connectivity index (χ0n) is 9.23. The summed E-state index contributed by atoms with van der Waals surface area (Å²) in [7, 11) is 0. The van der Waals surface area contributed by atoms with Crippen LogP contribution in [0.5, 0.6) is 5.75 Å². The van der Waals surface area contributed by atoms with Gasteiger partial charge in [0.1, 0.15) is 11.3 Å². The van der Waals surface area contributed by atoms with Gasteiger partial charge in [0.2, 0.25) is 0 Å². The lowest BCUT2D eigenvalue weighted by Crippen LogP contribution is -1.95. The van der Waals surface area contributed by atoms with Crippen molar-refractivity contribution < 1.29 is 15.0 Å². The Morgan fingerprint density at radius 3 is 1.93 bits per heavy atom. The van der Waals surface area contributed by atoms with Gasteiger partial charge in [-0.15, -0.1) is 0 Å². The molecule has 0 aliphatic carbocycles. The molecule has 0 aliphatic rings. The molecule has 0 bridgehead atoms. The van der Waals surface area contributed by atoms with Gasteiger partial charge in [-0.05, 0) is 12.1 Å². The van der Waals surface area contributed by atoms with E-state index in [0.717, 1.165) is 0 Å². The predicted molar refractivity (Wildman–Crippen MR) is 60.7 cm³/mol. The first-order valence-electron chi connectivity index (χ1n) is 4.64. The molecule has 1 aromatic carbocycles. The van der Waals surface area contributed by atoms with Gasteiger partial charge in [-0.3, -0.25) is 0 Å². The Hall–Kier alpha value is -1.55. The third-order valence-corrected chi connectivity index (χ3v) is 1.63. The number of rotatable bonds is 2. The summed E-state index contributed by atoms with van der Waals surface area (Å²) in [6.07, 6.45) is 2.64. The van der Waals surface area contributed by atoms with Crippen LogP contribution in [0.3, 0.4) is 0 Å². The highest BCUT2D eigenvalue weighted by Crippen LogP contribution is 2.14. The van der Waals surface area contributed by atoms with E-state index in [2.05, 4.69) is 13.8 Å². The molecule has 4 nitrogen and oxygen atoms in total. The molecular weight excluding hydrogens is 194 g/mol. The van der Waals surface area contributed by atoms with E-state index >= 15 is 0 Å². The number of aromatic carboxylic acids is 1. The highest BCUT2D eigenvalue weighted by molar-refractivity contribution is 5.90. The Kier molecular flexibility index (Phi) is 9.57. The van der Waals surface area contributed by atoms with Crippen molar-refractivity contribution >= 4 is 5.97 Å². The van der Waals surface area contributed by atoms with Gasteiger partial charge < -0.3 is 16.4 Å². The molecule has 4 heteroatoms. The zero-order chi connectivity index (χ0) is 11.0. The largest absolute Gasteiger partial charge is 0.507 e. The van der Waals surface area contributed by atoms with Crippen LogP contribution in [0.25, 0.3) is 0 Å². The number of benzene rings is 1. The third-order valence-electron chi connectivity index (χ3n) is 1.63. The van der Waals surface area contributed by atoms with Gasteiger partial charge in [-0.1, -0.05) is 38.8 Å². The fourth-order valence-corrected chi connectivity index (χ4v) is 0.654. The highest BCUT2D eigenvalue weighted by atomic mass is 16.4. The maximum atomic E-state index is 10.3. The number of hydrogen-bond donors (Lipinski definition) is 3. The maximum absolute atomic E-state index is 10.3. The molecule has 0 aromatic heterocycles. The van der Waals surface area contributed by atoms with E-state index in [9.17, 15) is 4.79 Å². The molecule has 1 aromatic rings. The van der Waals surface area contributed by atoms with Gasteiger partial charge in [0.05, 0.1) is 0 Å². The van der Waals surface area contributed by atoms with Crippen LogP contribution in [0, 0.1) is 0 Å². The van der Waals surface area contributed by atoms with Crippen molar-refractivity contribution in [2.45, 2.75) is 26.7 Å². The fraction of sp³-hybridized carbons (Fsp3) is 0.364. The van der Waals surface area contributed by atoms with E-state index in [1.807, 2.05) is 0 Å². The van der Waals surface area contributed by atoms with Gasteiger partial charge in [0.25, 0.3) is 0 Å². The van der Waals surface area contributed by atoms with Crippen molar-refractivity contribution in [1.82, 2.24) is 6.15 Å². The summed E-state index contributed by atoms with van der Waals surface area (Å²) in [6, 6.07) is 5.81. The third kappa shape index (κ3) is 6.51. The van der Waals surface area contributed by atoms with Crippen molar-refractivity contribution in [3.63, 3.8) is 0 Å². The van der Waals surface area contributed by atoms with Crippen molar-refractivity contribution in [3.05, 3.63) is 29.8 Å². The number of phenols is 1. The smallest absolute Gasteiger partial charge is 0.339 e. The van der Waals surface area contributed by atoms with Crippen LogP contribution in [0.1, 0.15) is 37.0 Å². The molecule has 0 spiro atoms. The SMILES string of the molecule is CCCC.N.O=C(O)c1ccccc1O. The topological polar surface area (TPSA) is 92.5 Å². The lowest BCUT2D eigenvalue weighted by atomic mass is 10.2. The Morgan fingerprint density at radius 1 is 1.20 bits per heavy atom. The summed E-state index contributed by atoms with van der Waals surface area (Å²) in [4.78, 5) is 10.3. The van der Waals surface area contributed by atoms with Gasteiger partial charge >= 0.3 is 5.97 Å². The maximum Gasteiger partial charge on any atom is 0.339 e. The molecule has 0 saturated heterocycles.